The highest BCUT2D eigenvalue weighted by molar-refractivity contribution is 6.25. The van der Waals surface area contributed by atoms with Gasteiger partial charge in [0.2, 0.25) is 17.7 Å². The number of nitrogens with one attached hydrogen (secondary N) is 3. The number of para-hydroxylation sites is 3. The van der Waals surface area contributed by atoms with Gasteiger partial charge in [0, 0.05) is 34.4 Å². The van der Waals surface area contributed by atoms with Crippen LogP contribution >= 0.6 is 0 Å². The molecule has 3 aliphatic heterocycles. The molecule has 3 amide bonds. The van der Waals surface area contributed by atoms with Crippen LogP contribution in [-0.2, 0) is 26.3 Å². The molecule has 3 aromatic carbocycles. The van der Waals surface area contributed by atoms with E-state index < -0.39 is 23.4 Å². The van der Waals surface area contributed by atoms with Crippen molar-refractivity contribution in [3.63, 3.8) is 0 Å². The molecule has 7 nitrogen and oxygen atoms in total. The zero-order valence-corrected chi connectivity index (χ0v) is 18.7. The third-order valence-corrected chi connectivity index (χ3v) is 7.75. The number of benzene rings is 3. The number of hydrogen-bond acceptors (Lipinski definition) is 4. The Hall–Kier alpha value is -4.23. The summed E-state index contributed by atoms with van der Waals surface area (Å²) in [6, 6.07) is 24.0. The van der Waals surface area contributed by atoms with Crippen molar-refractivity contribution < 1.29 is 14.4 Å². The smallest absolute Gasteiger partial charge is 0.250 e. The van der Waals surface area contributed by atoms with Crippen LogP contribution in [0.3, 0.4) is 0 Å². The fourth-order valence-corrected chi connectivity index (χ4v) is 6.30. The standard InChI is InChI=1S/C28H22N4O3/c33-25-23-22(14-16-15-29-20-12-6-4-10-18(16)20)31-28(19-11-5-7-13-21(19)30-27(28)35)24(23)26(34)32(25)17-8-2-1-3-9-17/h1-13,15,22-24,29,31H,14H2,(H,30,35)/t22-,23-,24+,28+/m1/s1. The molecule has 3 aliphatic rings. The van der Waals surface area contributed by atoms with Gasteiger partial charge in [0.15, 0.2) is 0 Å². The van der Waals surface area contributed by atoms with Crippen LogP contribution < -0.4 is 15.5 Å². The van der Waals surface area contributed by atoms with Gasteiger partial charge in [-0.25, -0.2) is 4.90 Å². The first kappa shape index (κ1) is 20.2. The Morgan fingerprint density at radius 1 is 0.829 bits per heavy atom. The lowest BCUT2D eigenvalue weighted by Crippen LogP contribution is -2.53. The maximum atomic E-state index is 14.0. The van der Waals surface area contributed by atoms with Crippen LogP contribution in [0.15, 0.2) is 85.1 Å². The number of aromatic amines is 1. The number of imide groups is 1. The molecule has 1 spiro atoms. The molecular formula is C28H22N4O3. The summed E-state index contributed by atoms with van der Waals surface area (Å²) in [5.41, 5.74) is 2.68. The number of rotatable bonds is 3. The van der Waals surface area contributed by atoms with Crippen molar-refractivity contribution in [2.45, 2.75) is 18.0 Å². The highest BCUT2D eigenvalue weighted by atomic mass is 16.2. The second-order valence-electron chi connectivity index (χ2n) is 9.47. The zero-order chi connectivity index (χ0) is 23.7. The summed E-state index contributed by atoms with van der Waals surface area (Å²) in [7, 11) is 0. The Kier molecular flexibility index (Phi) is 4.11. The van der Waals surface area contributed by atoms with E-state index in [-0.39, 0.29) is 17.7 Å². The number of carbonyl (C=O) groups is 3. The van der Waals surface area contributed by atoms with Crippen LogP contribution in [0.4, 0.5) is 11.4 Å². The van der Waals surface area contributed by atoms with Crippen molar-refractivity contribution in [2.75, 3.05) is 10.2 Å². The molecule has 7 heteroatoms. The lowest BCUT2D eigenvalue weighted by molar-refractivity contribution is -0.130. The van der Waals surface area contributed by atoms with Gasteiger partial charge in [-0.15, -0.1) is 0 Å². The zero-order valence-electron chi connectivity index (χ0n) is 18.7. The highest BCUT2D eigenvalue weighted by Gasteiger charge is 2.70. The maximum Gasteiger partial charge on any atom is 0.250 e. The molecule has 0 bridgehead atoms. The molecule has 35 heavy (non-hydrogen) atoms. The monoisotopic (exact) mass is 462 g/mol. The average molecular weight is 463 g/mol. The largest absolute Gasteiger partial charge is 0.361 e. The first-order valence-corrected chi connectivity index (χ1v) is 11.8. The third-order valence-electron chi connectivity index (χ3n) is 7.75. The molecule has 2 fully saturated rings. The summed E-state index contributed by atoms with van der Waals surface area (Å²) in [4.78, 5) is 46.0. The van der Waals surface area contributed by atoms with E-state index in [0.29, 0.717) is 17.8 Å². The van der Waals surface area contributed by atoms with E-state index in [4.69, 9.17) is 0 Å². The van der Waals surface area contributed by atoms with Crippen LogP contribution in [0.1, 0.15) is 11.1 Å². The highest BCUT2D eigenvalue weighted by Crippen LogP contribution is 2.53. The fourth-order valence-electron chi connectivity index (χ4n) is 6.30. The summed E-state index contributed by atoms with van der Waals surface area (Å²) >= 11 is 0. The second-order valence-corrected chi connectivity index (χ2v) is 9.47. The second kappa shape index (κ2) is 7.13. The number of aromatic nitrogens is 1. The molecule has 0 saturated carbocycles. The van der Waals surface area contributed by atoms with Gasteiger partial charge in [-0.2, -0.15) is 0 Å². The normalized spacial score (nSPS) is 27.0. The van der Waals surface area contributed by atoms with E-state index >= 15 is 0 Å². The number of fused-ring (bicyclic) bond motifs is 5. The molecule has 1 aromatic heterocycles. The van der Waals surface area contributed by atoms with Crippen molar-refractivity contribution in [1.29, 1.82) is 0 Å². The first-order chi connectivity index (χ1) is 17.1. The minimum absolute atomic E-state index is 0.266. The molecule has 0 aliphatic carbocycles. The molecule has 0 radical (unpaired) electrons. The summed E-state index contributed by atoms with van der Waals surface area (Å²) in [5, 5.41) is 7.54. The van der Waals surface area contributed by atoms with Crippen LogP contribution in [0.25, 0.3) is 10.9 Å². The van der Waals surface area contributed by atoms with Crippen molar-refractivity contribution in [3.05, 3.63) is 96.2 Å². The minimum atomic E-state index is -1.30. The molecule has 3 N–H and O–H groups in total. The molecule has 7 rings (SSSR count). The van der Waals surface area contributed by atoms with E-state index in [9.17, 15) is 14.4 Å². The summed E-state index contributed by atoms with van der Waals surface area (Å²) < 4.78 is 0. The number of hydrogen-bond donors (Lipinski definition) is 3. The Bertz CT molecular complexity index is 1530. The van der Waals surface area contributed by atoms with Crippen molar-refractivity contribution >= 4 is 40.0 Å². The predicted molar refractivity (Wildman–Crippen MR) is 132 cm³/mol. The fraction of sp³-hybridized carbons (Fsp3) is 0.179. The predicted octanol–water partition coefficient (Wildman–Crippen LogP) is 3.34. The molecule has 4 atom stereocenters. The van der Waals surface area contributed by atoms with E-state index in [1.807, 2.05) is 60.8 Å². The van der Waals surface area contributed by atoms with Gasteiger partial charge in [-0.05, 0) is 36.2 Å². The molecule has 0 unspecified atom stereocenters. The van der Waals surface area contributed by atoms with E-state index in [1.54, 1.807) is 24.3 Å². The Morgan fingerprint density at radius 3 is 2.43 bits per heavy atom. The number of H-pyrrole nitrogens is 1. The minimum Gasteiger partial charge on any atom is -0.361 e. The number of nitrogens with zero attached hydrogens (tertiary/aromatic N) is 1. The Labute approximate surface area is 201 Å². The van der Waals surface area contributed by atoms with Crippen molar-refractivity contribution in [3.8, 4) is 0 Å². The van der Waals surface area contributed by atoms with E-state index in [2.05, 4.69) is 15.6 Å². The molecule has 2 saturated heterocycles. The summed E-state index contributed by atoms with van der Waals surface area (Å²) in [5.74, 6) is -2.40. The lowest BCUT2D eigenvalue weighted by atomic mass is 9.76. The van der Waals surface area contributed by atoms with Crippen LogP contribution in [0, 0.1) is 11.8 Å². The van der Waals surface area contributed by atoms with Crippen LogP contribution in [0.5, 0.6) is 0 Å². The van der Waals surface area contributed by atoms with Gasteiger partial charge in [-0.1, -0.05) is 54.6 Å². The molecular weight excluding hydrogens is 440 g/mol. The topological polar surface area (TPSA) is 94.3 Å². The van der Waals surface area contributed by atoms with Crippen LogP contribution in [-0.4, -0.2) is 28.7 Å². The van der Waals surface area contributed by atoms with Gasteiger partial charge >= 0.3 is 0 Å². The van der Waals surface area contributed by atoms with Gasteiger partial charge < -0.3 is 10.3 Å². The Balaban J connectivity index is 1.38. The SMILES string of the molecule is O=C1[C@H]2[C@@H](C(=O)N1c1ccccc1)[C@]1(N[C@@H]2Cc2c[nH]c3ccccc23)C(=O)Nc2ccccc21. The maximum absolute atomic E-state index is 14.0. The molecule has 4 aromatic rings. The quantitative estimate of drug-likeness (QED) is 0.407. The van der Waals surface area contributed by atoms with Gasteiger partial charge in [0.25, 0.3) is 0 Å². The molecule has 4 heterocycles. The number of amides is 3. The van der Waals surface area contributed by atoms with Gasteiger partial charge in [-0.3, -0.25) is 19.7 Å². The third kappa shape index (κ3) is 2.61. The number of anilines is 2. The first-order valence-electron chi connectivity index (χ1n) is 11.8. The van der Waals surface area contributed by atoms with E-state index in [0.717, 1.165) is 22.0 Å². The van der Waals surface area contributed by atoms with Gasteiger partial charge in [0.1, 0.15) is 5.54 Å². The Morgan fingerprint density at radius 2 is 1.57 bits per heavy atom. The summed E-state index contributed by atoms with van der Waals surface area (Å²) in [6.07, 6.45) is 2.45. The summed E-state index contributed by atoms with van der Waals surface area (Å²) in [6.45, 7) is 0. The van der Waals surface area contributed by atoms with Crippen molar-refractivity contribution in [1.82, 2.24) is 10.3 Å². The average Bonchev–Trinajstić information content (AvgIpc) is 3.59. The van der Waals surface area contributed by atoms with Crippen LogP contribution in [0.2, 0.25) is 0 Å². The lowest BCUT2D eigenvalue weighted by Gasteiger charge is -2.29. The van der Waals surface area contributed by atoms with Gasteiger partial charge in [0.05, 0.1) is 17.5 Å². The number of carbonyl (C=O) groups excluding carboxylic acids is 3. The van der Waals surface area contributed by atoms with E-state index in [1.165, 1.54) is 4.90 Å². The van der Waals surface area contributed by atoms with Crippen molar-refractivity contribution in [2.24, 2.45) is 11.8 Å². The molecule has 172 valence electrons.